The molecule has 4 heteroatoms. The summed E-state index contributed by atoms with van der Waals surface area (Å²) < 4.78 is 7.22. The normalized spacial score (nSPS) is 19.0. The van der Waals surface area contributed by atoms with E-state index in [0.717, 1.165) is 18.8 Å². The van der Waals surface area contributed by atoms with Gasteiger partial charge in [0.2, 0.25) is 0 Å². The molecule has 1 aromatic rings. The van der Waals surface area contributed by atoms with E-state index in [9.17, 15) is 0 Å². The van der Waals surface area contributed by atoms with Gasteiger partial charge < -0.3 is 9.64 Å². The van der Waals surface area contributed by atoms with Crippen LogP contribution in [0.5, 0.6) is 5.75 Å². The predicted octanol–water partition coefficient (Wildman–Crippen LogP) is 4.09. The summed E-state index contributed by atoms with van der Waals surface area (Å²) in [5.74, 6) is 0.931. The number of aryl methyl sites for hydroxylation is 1. The third kappa shape index (κ3) is 6.10. The maximum Gasteiger partial charge on any atom is 0.137 e. The first-order valence-corrected chi connectivity index (χ1v) is 9.65. The summed E-state index contributed by atoms with van der Waals surface area (Å²) in [7, 11) is 2.19. The molecule has 0 unspecified atom stereocenters. The molecule has 1 aliphatic heterocycles. The van der Waals surface area contributed by atoms with Crippen LogP contribution in [0.3, 0.4) is 0 Å². The number of alkyl halides is 1. The molecule has 0 aromatic carbocycles. The van der Waals surface area contributed by atoms with Gasteiger partial charge in [-0.25, -0.2) is 0 Å². The van der Waals surface area contributed by atoms with Crippen molar-refractivity contribution in [2.24, 2.45) is 0 Å². The zero-order valence-electron chi connectivity index (χ0n) is 13.1. The van der Waals surface area contributed by atoms with Crippen molar-refractivity contribution in [1.82, 2.24) is 9.88 Å². The van der Waals surface area contributed by atoms with Crippen LogP contribution >= 0.6 is 22.6 Å². The molecular weight excluding hydrogens is 375 g/mol. The first-order chi connectivity index (χ1) is 10.3. The summed E-state index contributed by atoms with van der Waals surface area (Å²) in [6.07, 6.45) is 12.8. The molecule has 2 rings (SSSR count). The summed E-state index contributed by atoms with van der Waals surface area (Å²) >= 11 is 2.45. The van der Waals surface area contributed by atoms with Gasteiger partial charge in [-0.15, -0.1) is 0 Å². The van der Waals surface area contributed by atoms with Crippen LogP contribution in [-0.2, 0) is 6.42 Å². The van der Waals surface area contributed by atoms with Crippen molar-refractivity contribution in [3.05, 3.63) is 24.0 Å². The van der Waals surface area contributed by atoms with Crippen LogP contribution in [0, 0.1) is 0 Å². The van der Waals surface area contributed by atoms with E-state index in [1.54, 1.807) is 0 Å². The Morgan fingerprint density at radius 3 is 2.90 bits per heavy atom. The average Bonchev–Trinajstić information content (AvgIpc) is 2.91. The molecular formula is C17H27IN2O. The van der Waals surface area contributed by atoms with Crippen molar-refractivity contribution in [2.75, 3.05) is 24.6 Å². The third-order valence-electron chi connectivity index (χ3n) is 4.23. The van der Waals surface area contributed by atoms with Crippen LogP contribution in [0.4, 0.5) is 0 Å². The highest BCUT2D eigenvalue weighted by atomic mass is 127. The second-order valence-electron chi connectivity index (χ2n) is 5.97. The molecule has 118 valence electrons. The van der Waals surface area contributed by atoms with Gasteiger partial charge in [0, 0.05) is 12.2 Å². The number of likely N-dealkylation sites (N-methyl/N-ethyl adjacent to an activating group) is 1. The molecule has 1 atom stereocenters. The number of pyridine rings is 1. The minimum atomic E-state index is 0.571. The van der Waals surface area contributed by atoms with Crippen LogP contribution in [0.1, 0.15) is 44.1 Å². The lowest BCUT2D eigenvalue weighted by Gasteiger charge is -2.19. The molecule has 21 heavy (non-hydrogen) atoms. The van der Waals surface area contributed by atoms with Crippen molar-refractivity contribution in [2.45, 2.75) is 51.0 Å². The molecule has 1 aromatic heterocycles. The number of unbranched alkanes of at least 4 members (excludes halogenated alkanes) is 3. The molecule has 1 aliphatic rings. The third-order valence-corrected chi connectivity index (χ3v) is 5.00. The van der Waals surface area contributed by atoms with E-state index in [2.05, 4.69) is 45.6 Å². The second kappa shape index (κ2) is 9.62. The van der Waals surface area contributed by atoms with Crippen LogP contribution in [0.2, 0.25) is 0 Å². The number of ether oxygens (including phenoxy) is 1. The number of rotatable bonds is 9. The van der Waals surface area contributed by atoms with Crippen molar-refractivity contribution < 1.29 is 4.74 Å². The van der Waals surface area contributed by atoms with E-state index in [-0.39, 0.29) is 0 Å². The average molecular weight is 402 g/mol. The van der Waals surface area contributed by atoms with Gasteiger partial charge in [0.25, 0.3) is 0 Å². The lowest BCUT2D eigenvalue weighted by atomic mass is 10.1. The minimum absolute atomic E-state index is 0.571. The Balaban J connectivity index is 1.72. The summed E-state index contributed by atoms with van der Waals surface area (Å²) in [6, 6.07) is 2.74. The zero-order chi connectivity index (χ0) is 14.9. The highest BCUT2D eigenvalue weighted by molar-refractivity contribution is 14.1. The SMILES string of the molecule is CN1CCC[C@H]1COc1cncc(CCCCCCI)c1. The Morgan fingerprint density at radius 1 is 1.29 bits per heavy atom. The summed E-state index contributed by atoms with van der Waals surface area (Å²) in [4.78, 5) is 6.72. The van der Waals surface area contributed by atoms with Crippen molar-refractivity contribution >= 4 is 22.6 Å². The van der Waals surface area contributed by atoms with E-state index < -0.39 is 0 Å². The molecule has 0 radical (unpaired) electrons. The Bertz CT molecular complexity index is 414. The number of likely N-dealkylation sites (tertiary alicyclic amines) is 1. The van der Waals surface area contributed by atoms with Crippen LogP contribution in [0.25, 0.3) is 0 Å². The number of nitrogens with zero attached hydrogens (tertiary/aromatic N) is 2. The Kier molecular flexibility index (Phi) is 7.78. The van der Waals surface area contributed by atoms with E-state index >= 15 is 0 Å². The van der Waals surface area contributed by atoms with Crippen LogP contribution < -0.4 is 4.74 Å². The fourth-order valence-corrected chi connectivity index (χ4v) is 3.38. The fraction of sp³-hybridized carbons (Fsp3) is 0.706. The van der Waals surface area contributed by atoms with Gasteiger partial charge in [-0.2, -0.15) is 0 Å². The molecule has 0 aliphatic carbocycles. The van der Waals surface area contributed by atoms with E-state index in [1.807, 2.05) is 12.4 Å². The first kappa shape index (κ1) is 17.0. The molecule has 0 saturated carbocycles. The number of aromatic nitrogens is 1. The lowest BCUT2D eigenvalue weighted by molar-refractivity contribution is 0.197. The molecule has 0 amide bonds. The topological polar surface area (TPSA) is 25.4 Å². The maximum absolute atomic E-state index is 5.94. The molecule has 2 heterocycles. The van der Waals surface area contributed by atoms with Gasteiger partial charge in [-0.1, -0.05) is 35.4 Å². The smallest absolute Gasteiger partial charge is 0.137 e. The number of halogens is 1. The standard InChI is InChI=1S/C17H27IN2O/c1-20-10-6-8-16(20)14-21-17-11-15(12-19-13-17)7-4-2-3-5-9-18/h11-13,16H,2-10,14H2,1H3/t16-/m0/s1. The Labute approximate surface area is 142 Å². The van der Waals surface area contributed by atoms with Gasteiger partial charge >= 0.3 is 0 Å². The quantitative estimate of drug-likeness (QED) is 0.354. The van der Waals surface area contributed by atoms with E-state index in [1.165, 1.54) is 55.1 Å². The summed E-state index contributed by atoms with van der Waals surface area (Å²) in [5, 5.41) is 0. The molecule has 0 N–H and O–H groups in total. The van der Waals surface area contributed by atoms with Crippen molar-refractivity contribution in [3.63, 3.8) is 0 Å². The molecule has 1 fully saturated rings. The monoisotopic (exact) mass is 402 g/mol. The Morgan fingerprint density at radius 2 is 2.14 bits per heavy atom. The van der Waals surface area contributed by atoms with Gasteiger partial charge in [-0.05, 0) is 61.8 Å². The molecule has 0 spiro atoms. The predicted molar refractivity (Wildman–Crippen MR) is 96.4 cm³/mol. The highest BCUT2D eigenvalue weighted by Gasteiger charge is 2.21. The fourth-order valence-electron chi connectivity index (χ4n) is 2.84. The molecule has 0 bridgehead atoms. The van der Waals surface area contributed by atoms with Crippen LogP contribution in [-0.4, -0.2) is 40.6 Å². The summed E-state index contributed by atoms with van der Waals surface area (Å²) in [6.45, 7) is 1.99. The number of hydrogen-bond acceptors (Lipinski definition) is 3. The summed E-state index contributed by atoms with van der Waals surface area (Å²) in [5.41, 5.74) is 1.31. The zero-order valence-corrected chi connectivity index (χ0v) is 15.2. The van der Waals surface area contributed by atoms with Gasteiger partial charge in [0.05, 0.1) is 6.20 Å². The molecule has 1 saturated heterocycles. The van der Waals surface area contributed by atoms with Gasteiger partial charge in [0.1, 0.15) is 12.4 Å². The van der Waals surface area contributed by atoms with Crippen LogP contribution in [0.15, 0.2) is 18.5 Å². The van der Waals surface area contributed by atoms with Gasteiger partial charge in [-0.3, -0.25) is 4.98 Å². The number of hydrogen-bond donors (Lipinski definition) is 0. The Hall–Kier alpha value is -0.360. The molecule has 3 nitrogen and oxygen atoms in total. The maximum atomic E-state index is 5.94. The minimum Gasteiger partial charge on any atom is -0.490 e. The second-order valence-corrected chi connectivity index (χ2v) is 7.05. The van der Waals surface area contributed by atoms with Gasteiger partial charge in [0.15, 0.2) is 0 Å². The lowest BCUT2D eigenvalue weighted by Crippen LogP contribution is -2.30. The van der Waals surface area contributed by atoms with Crippen molar-refractivity contribution in [3.8, 4) is 5.75 Å². The first-order valence-electron chi connectivity index (χ1n) is 8.12. The van der Waals surface area contributed by atoms with Crippen molar-refractivity contribution in [1.29, 1.82) is 0 Å². The van der Waals surface area contributed by atoms with E-state index in [0.29, 0.717) is 6.04 Å². The largest absolute Gasteiger partial charge is 0.490 e. The highest BCUT2D eigenvalue weighted by Crippen LogP contribution is 2.18. The van der Waals surface area contributed by atoms with E-state index in [4.69, 9.17) is 4.74 Å².